The summed E-state index contributed by atoms with van der Waals surface area (Å²) in [6.07, 6.45) is 8.04. The van der Waals surface area contributed by atoms with E-state index in [0.717, 1.165) is 75.0 Å². The van der Waals surface area contributed by atoms with Gasteiger partial charge in [-0.2, -0.15) is 8.78 Å². The average Bonchev–Trinajstić information content (AvgIpc) is 2.90. The number of hydrogen-bond acceptors (Lipinski definition) is 1. The Hall–Kier alpha value is -2.04. The second kappa shape index (κ2) is 11.4. The number of benzene rings is 2. The molecular formula is C32H40F4O. The molecule has 0 aliphatic heterocycles. The summed E-state index contributed by atoms with van der Waals surface area (Å²) in [6.45, 7) is 2.31. The van der Waals surface area contributed by atoms with E-state index in [4.69, 9.17) is 4.74 Å². The van der Waals surface area contributed by atoms with Crippen LogP contribution in [0.2, 0.25) is 0 Å². The first kappa shape index (κ1) is 26.6. The van der Waals surface area contributed by atoms with Crippen LogP contribution in [0.4, 0.5) is 17.6 Å². The maximum Gasteiger partial charge on any atom is 0.400 e. The van der Waals surface area contributed by atoms with Crippen LogP contribution in [-0.4, -0.2) is 6.11 Å². The number of ether oxygens (including phenoxy) is 1. The van der Waals surface area contributed by atoms with Gasteiger partial charge in [-0.1, -0.05) is 31.9 Å². The highest BCUT2D eigenvalue weighted by atomic mass is 19.3. The molecule has 3 saturated carbocycles. The molecule has 0 heterocycles. The average molecular weight is 517 g/mol. The molecule has 0 unspecified atom stereocenters. The van der Waals surface area contributed by atoms with Crippen LogP contribution in [0, 0.1) is 35.3 Å². The van der Waals surface area contributed by atoms with Gasteiger partial charge < -0.3 is 4.74 Å². The topological polar surface area (TPSA) is 9.23 Å². The zero-order valence-corrected chi connectivity index (χ0v) is 21.9. The van der Waals surface area contributed by atoms with Gasteiger partial charge >= 0.3 is 6.11 Å². The summed E-state index contributed by atoms with van der Waals surface area (Å²) < 4.78 is 62.7. The van der Waals surface area contributed by atoms with Gasteiger partial charge in [-0.15, -0.1) is 0 Å². The predicted molar refractivity (Wildman–Crippen MR) is 139 cm³/mol. The summed E-state index contributed by atoms with van der Waals surface area (Å²) in [4.78, 5) is 0. The van der Waals surface area contributed by atoms with E-state index < -0.39 is 17.8 Å². The molecule has 0 aromatic heterocycles. The van der Waals surface area contributed by atoms with Crippen LogP contribution in [-0.2, 0) is 0 Å². The normalized spacial score (nSPS) is 31.2. The van der Waals surface area contributed by atoms with E-state index in [0.29, 0.717) is 30.6 Å². The number of rotatable bonds is 6. The molecular weight excluding hydrogens is 476 g/mol. The second-order valence-electron chi connectivity index (χ2n) is 12.1. The smallest absolute Gasteiger partial charge is 0.400 e. The first-order valence-corrected chi connectivity index (χ1v) is 14.4. The van der Waals surface area contributed by atoms with E-state index in [1.807, 2.05) is 6.07 Å². The lowest BCUT2D eigenvalue weighted by atomic mass is 9.68. The predicted octanol–water partition coefficient (Wildman–Crippen LogP) is 10.0. The number of halogens is 4. The van der Waals surface area contributed by atoms with Crippen molar-refractivity contribution in [3.63, 3.8) is 0 Å². The molecule has 0 spiro atoms. The Balaban J connectivity index is 1.10. The molecule has 202 valence electrons. The van der Waals surface area contributed by atoms with Gasteiger partial charge in [0.15, 0.2) is 0 Å². The first-order chi connectivity index (χ1) is 17.8. The van der Waals surface area contributed by atoms with Crippen molar-refractivity contribution in [3.05, 3.63) is 65.2 Å². The van der Waals surface area contributed by atoms with Crippen LogP contribution in [0.1, 0.15) is 107 Å². The quantitative estimate of drug-likeness (QED) is 0.347. The SMILES string of the molecule is CC1CCC(c2ccc(C3CCC(C4CCC(C(F)(F)Oc5ccc(F)cc5)CC4)CC3)c(F)c2)CC1. The Morgan fingerprint density at radius 1 is 0.676 bits per heavy atom. The molecule has 3 aliphatic rings. The highest BCUT2D eigenvalue weighted by Gasteiger charge is 2.45. The molecule has 1 nitrogen and oxygen atoms in total. The van der Waals surface area contributed by atoms with Crippen molar-refractivity contribution in [1.29, 1.82) is 0 Å². The Bertz CT molecular complexity index is 1010. The van der Waals surface area contributed by atoms with E-state index in [-0.39, 0.29) is 17.5 Å². The van der Waals surface area contributed by atoms with Crippen LogP contribution < -0.4 is 4.74 Å². The Morgan fingerprint density at radius 2 is 1.24 bits per heavy atom. The lowest BCUT2D eigenvalue weighted by Crippen LogP contribution is -2.38. The fourth-order valence-corrected chi connectivity index (χ4v) is 7.29. The van der Waals surface area contributed by atoms with Gasteiger partial charge in [-0.25, -0.2) is 8.78 Å². The molecule has 0 atom stereocenters. The highest BCUT2D eigenvalue weighted by Crippen LogP contribution is 2.47. The van der Waals surface area contributed by atoms with Gasteiger partial charge in [0.25, 0.3) is 0 Å². The van der Waals surface area contributed by atoms with Gasteiger partial charge in [0.1, 0.15) is 17.4 Å². The summed E-state index contributed by atoms with van der Waals surface area (Å²) in [7, 11) is 0. The zero-order chi connectivity index (χ0) is 26.0. The van der Waals surface area contributed by atoms with Crippen LogP contribution in [0.5, 0.6) is 5.75 Å². The van der Waals surface area contributed by atoms with E-state index in [2.05, 4.69) is 13.0 Å². The maximum absolute atomic E-state index is 15.1. The van der Waals surface area contributed by atoms with Crippen molar-refractivity contribution in [1.82, 2.24) is 0 Å². The van der Waals surface area contributed by atoms with Gasteiger partial charge in [-0.05, 0) is 135 Å². The molecule has 5 heteroatoms. The Labute approximate surface area is 219 Å². The van der Waals surface area contributed by atoms with Crippen molar-refractivity contribution >= 4 is 0 Å². The third-order valence-electron chi connectivity index (χ3n) is 9.70. The minimum Gasteiger partial charge on any atom is -0.432 e. The number of hydrogen-bond donors (Lipinski definition) is 0. The number of alkyl halides is 2. The third-order valence-corrected chi connectivity index (χ3v) is 9.70. The third kappa shape index (κ3) is 6.34. The van der Waals surface area contributed by atoms with Gasteiger partial charge in [0.05, 0.1) is 5.92 Å². The molecule has 3 aliphatic carbocycles. The van der Waals surface area contributed by atoms with Gasteiger partial charge in [0, 0.05) is 0 Å². The molecule has 3 fully saturated rings. The van der Waals surface area contributed by atoms with E-state index >= 15 is 4.39 Å². The lowest BCUT2D eigenvalue weighted by Gasteiger charge is -2.39. The van der Waals surface area contributed by atoms with Crippen LogP contribution in [0.3, 0.4) is 0 Å². The highest BCUT2D eigenvalue weighted by molar-refractivity contribution is 5.30. The van der Waals surface area contributed by atoms with Crippen molar-refractivity contribution < 1.29 is 22.3 Å². The maximum atomic E-state index is 15.1. The fraction of sp³-hybridized carbons (Fsp3) is 0.625. The minimum atomic E-state index is -3.25. The second-order valence-corrected chi connectivity index (χ2v) is 12.1. The van der Waals surface area contributed by atoms with Crippen molar-refractivity contribution in [2.75, 3.05) is 0 Å². The standard InChI is InChI=1S/C32H40F4O/c1-21-2-4-24(5-3-21)26-12-19-30(31(34)20-26)25-8-6-22(7-9-25)23-10-13-27(14-11-23)32(35,36)37-29-17-15-28(33)16-18-29/h12,15-25,27H,2-11,13-14H2,1H3. The van der Waals surface area contributed by atoms with Gasteiger partial charge in [0.2, 0.25) is 0 Å². The Morgan fingerprint density at radius 3 is 1.84 bits per heavy atom. The zero-order valence-electron chi connectivity index (χ0n) is 21.9. The summed E-state index contributed by atoms with van der Waals surface area (Å²) in [5.74, 6) is 1.22. The first-order valence-electron chi connectivity index (χ1n) is 14.4. The molecule has 2 aromatic carbocycles. The molecule has 0 bridgehead atoms. The van der Waals surface area contributed by atoms with Crippen LogP contribution in [0.25, 0.3) is 0 Å². The lowest BCUT2D eigenvalue weighted by molar-refractivity contribution is -0.224. The largest absolute Gasteiger partial charge is 0.432 e. The molecule has 5 rings (SSSR count). The Kier molecular flexibility index (Phi) is 8.16. The van der Waals surface area contributed by atoms with Crippen molar-refractivity contribution in [2.24, 2.45) is 23.7 Å². The van der Waals surface area contributed by atoms with Crippen LogP contribution >= 0.6 is 0 Å². The molecule has 0 N–H and O–H groups in total. The summed E-state index contributed by atoms with van der Waals surface area (Å²) in [5.41, 5.74) is 2.03. The van der Waals surface area contributed by atoms with Crippen molar-refractivity contribution in [2.45, 2.75) is 102 Å². The van der Waals surface area contributed by atoms with E-state index in [1.54, 1.807) is 6.07 Å². The fourth-order valence-electron chi connectivity index (χ4n) is 7.29. The summed E-state index contributed by atoms with van der Waals surface area (Å²) in [6, 6.07) is 10.8. The van der Waals surface area contributed by atoms with Gasteiger partial charge in [-0.3, -0.25) is 0 Å². The molecule has 0 saturated heterocycles. The summed E-state index contributed by atoms with van der Waals surface area (Å²) >= 11 is 0. The molecule has 37 heavy (non-hydrogen) atoms. The van der Waals surface area contributed by atoms with E-state index in [1.165, 1.54) is 30.5 Å². The minimum absolute atomic E-state index is 0.000417. The molecule has 0 amide bonds. The molecule has 2 aromatic rings. The summed E-state index contributed by atoms with van der Waals surface area (Å²) in [5, 5.41) is 0. The van der Waals surface area contributed by atoms with E-state index in [9.17, 15) is 13.2 Å². The van der Waals surface area contributed by atoms with Crippen LogP contribution in [0.15, 0.2) is 42.5 Å². The van der Waals surface area contributed by atoms with Crippen molar-refractivity contribution in [3.8, 4) is 5.75 Å². The molecule has 0 radical (unpaired) electrons. The monoisotopic (exact) mass is 516 g/mol.